The van der Waals surface area contributed by atoms with E-state index in [0.29, 0.717) is 31.8 Å². The number of carbonyl (C=O) groups is 1. The Morgan fingerprint density at radius 2 is 1.90 bits per heavy atom. The maximum absolute atomic E-state index is 12.0. The zero-order valence-electron chi connectivity index (χ0n) is 15.3. The first kappa shape index (κ1) is 23.5. The molecule has 12 heteroatoms. The number of hydrogen-bond acceptors (Lipinski definition) is 6. The maximum atomic E-state index is 12.0. The molecule has 0 saturated heterocycles. The van der Waals surface area contributed by atoms with Gasteiger partial charge in [0.15, 0.2) is 6.61 Å². The van der Waals surface area contributed by atoms with E-state index in [4.69, 9.17) is 20.8 Å². The van der Waals surface area contributed by atoms with Crippen LogP contribution < -0.4 is 10.2 Å². The molecular formula is C19H11Br3ClN3O5. The van der Waals surface area contributed by atoms with Gasteiger partial charge in [-0.05, 0) is 62.2 Å². The topological polar surface area (TPSA) is 107 Å². The van der Waals surface area contributed by atoms with Gasteiger partial charge in [-0.15, -0.1) is 0 Å². The van der Waals surface area contributed by atoms with E-state index in [1.54, 1.807) is 24.3 Å². The fraction of sp³-hybridized carbons (Fsp3) is 0.0526. The second kappa shape index (κ2) is 10.4. The average Bonchev–Trinajstić information content (AvgIpc) is 3.15. The third-order valence-electron chi connectivity index (χ3n) is 3.75. The fourth-order valence-electron chi connectivity index (χ4n) is 2.39. The van der Waals surface area contributed by atoms with Crippen molar-refractivity contribution in [1.82, 2.24) is 5.43 Å². The van der Waals surface area contributed by atoms with Crippen molar-refractivity contribution in [2.45, 2.75) is 0 Å². The SMILES string of the molecule is O=C(COc1c(Br)cc(Br)cc1Br)N/N=C/c1ccc(-c2ccc([N+](=O)[O-])cc2Cl)o1. The third kappa shape index (κ3) is 6.16. The molecule has 0 aliphatic rings. The molecule has 160 valence electrons. The molecule has 0 aliphatic heterocycles. The van der Waals surface area contributed by atoms with Gasteiger partial charge >= 0.3 is 0 Å². The second-order valence-electron chi connectivity index (χ2n) is 5.90. The lowest BCUT2D eigenvalue weighted by molar-refractivity contribution is -0.384. The van der Waals surface area contributed by atoms with E-state index < -0.39 is 10.8 Å². The largest absolute Gasteiger partial charge is 0.481 e. The van der Waals surface area contributed by atoms with Crippen LogP contribution in [0, 0.1) is 10.1 Å². The van der Waals surface area contributed by atoms with Gasteiger partial charge in [0.25, 0.3) is 11.6 Å². The molecule has 0 aliphatic carbocycles. The number of rotatable bonds is 7. The molecule has 0 radical (unpaired) electrons. The number of benzene rings is 2. The highest BCUT2D eigenvalue weighted by atomic mass is 79.9. The summed E-state index contributed by atoms with van der Waals surface area (Å²) >= 11 is 16.2. The molecule has 0 atom stereocenters. The van der Waals surface area contributed by atoms with Crippen LogP contribution in [0.3, 0.4) is 0 Å². The number of hydrazone groups is 1. The molecule has 8 nitrogen and oxygen atoms in total. The van der Waals surface area contributed by atoms with Gasteiger partial charge in [0.2, 0.25) is 0 Å². The van der Waals surface area contributed by atoms with E-state index in [-0.39, 0.29) is 17.3 Å². The van der Waals surface area contributed by atoms with E-state index >= 15 is 0 Å². The first-order chi connectivity index (χ1) is 14.7. The van der Waals surface area contributed by atoms with Gasteiger partial charge in [-0.3, -0.25) is 14.9 Å². The smallest absolute Gasteiger partial charge is 0.277 e. The molecular weight excluding hydrogens is 625 g/mol. The summed E-state index contributed by atoms with van der Waals surface area (Å²) in [6, 6.07) is 10.9. The Bertz CT molecular complexity index is 1160. The summed E-state index contributed by atoms with van der Waals surface area (Å²) in [4.78, 5) is 22.2. The number of ether oxygens (including phenoxy) is 1. The van der Waals surface area contributed by atoms with Crippen molar-refractivity contribution in [3.63, 3.8) is 0 Å². The van der Waals surface area contributed by atoms with Crippen LogP contribution in [0.1, 0.15) is 5.76 Å². The van der Waals surface area contributed by atoms with Crippen molar-refractivity contribution < 1.29 is 18.9 Å². The van der Waals surface area contributed by atoms with Crippen LogP contribution >= 0.6 is 59.4 Å². The second-order valence-corrected chi connectivity index (χ2v) is 8.94. The normalized spacial score (nSPS) is 11.0. The van der Waals surface area contributed by atoms with Crippen LogP contribution in [-0.2, 0) is 4.79 Å². The molecule has 3 rings (SSSR count). The molecule has 0 fully saturated rings. The van der Waals surface area contributed by atoms with Crippen molar-refractivity contribution in [2.75, 3.05) is 6.61 Å². The van der Waals surface area contributed by atoms with Gasteiger partial charge in [0.05, 0.1) is 25.1 Å². The van der Waals surface area contributed by atoms with Crippen LogP contribution in [0.15, 0.2) is 65.4 Å². The number of halogens is 4. The molecule has 1 N–H and O–H groups in total. The Kier molecular flexibility index (Phi) is 7.87. The lowest BCUT2D eigenvalue weighted by atomic mass is 10.1. The van der Waals surface area contributed by atoms with Crippen molar-refractivity contribution >= 4 is 77.2 Å². The summed E-state index contributed by atoms with van der Waals surface area (Å²) in [6.07, 6.45) is 1.31. The minimum absolute atomic E-state index is 0.116. The van der Waals surface area contributed by atoms with Gasteiger partial charge < -0.3 is 9.15 Å². The van der Waals surface area contributed by atoms with Crippen LogP contribution in [0.2, 0.25) is 5.02 Å². The number of non-ortho nitro benzene ring substituents is 1. The Morgan fingerprint density at radius 1 is 1.19 bits per heavy atom. The lowest BCUT2D eigenvalue weighted by Crippen LogP contribution is -2.24. The van der Waals surface area contributed by atoms with E-state index in [1.165, 1.54) is 24.4 Å². The van der Waals surface area contributed by atoms with E-state index in [1.807, 2.05) is 0 Å². The third-order valence-corrected chi connectivity index (χ3v) is 5.70. The number of amides is 1. The highest BCUT2D eigenvalue weighted by Gasteiger charge is 2.14. The summed E-state index contributed by atoms with van der Waals surface area (Å²) < 4.78 is 13.3. The molecule has 3 aromatic rings. The Labute approximate surface area is 206 Å². The van der Waals surface area contributed by atoms with Gasteiger partial charge in [-0.1, -0.05) is 27.5 Å². The van der Waals surface area contributed by atoms with E-state index in [9.17, 15) is 14.9 Å². The minimum atomic E-state index is -0.531. The Hall–Kier alpha value is -2.21. The number of nitro groups is 1. The maximum Gasteiger partial charge on any atom is 0.277 e. The highest BCUT2D eigenvalue weighted by molar-refractivity contribution is 9.11. The number of furan rings is 1. The standard InChI is InChI=1S/C19H11Br3ClN3O5/c20-10-5-14(21)19(15(22)6-10)30-9-18(27)25-24-8-12-2-4-17(31-12)13-3-1-11(26(28)29)7-16(13)23/h1-8H,9H2,(H,25,27)/b24-8+. The lowest BCUT2D eigenvalue weighted by Gasteiger charge is -2.09. The number of carbonyl (C=O) groups excluding carboxylic acids is 1. The van der Waals surface area contributed by atoms with Crippen molar-refractivity contribution in [2.24, 2.45) is 5.10 Å². The molecule has 1 amide bonds. The van der Waals surface area contributed by atoms with Crippen molar-refractivity contribution in [3.8, 4) is 17.1 Å². The predicted molar refractivity (Wildman–Crippen MR) is 127 cm³/mol. The van der Waals surface area contributed by atoms with Crippen LogP contribution in [0.25, 0.3) is 11.3 Å². The molecule has 0 bridgehead atoms. The van der Waals surface area contributed by atoms with E-state index in [0.717, 1.165) is 4.47 Å². The Morgan fingerprint density at radius 3 is 2.55 bits per heavy atom. The van der Waals surface area contributed by atoms with Gasteiger partial charge in [-0.2, -0.15) is 5.10 Å². The van der Waals surface area contributed by atoms with Gasteiger partial charge in [-0.25, -0.2) is 5.43 Å². The average molecular weight is 636 g/mol. The zero-order chi connectivity index (χ0) is 22.5. The molecule has 1 aromatic heterocycles. The number of nitro benzene ring substituents is 1. The molecule has 0 spiro atoms. The summed E-state index contributed by atoms with van der Waals surface area (Å²) in [7, 11) is 0. The predicted octanol–water partition coefficient (Wildman–Crippen LogP) is 6.32. The fourth-order valence-corrected chi connectivity index (χ4v) is 5.14. The summed E-state index contributed by atoms with van der Waals surface area (Å²) in [6.45, 7) is -0.252. The number of hydrogen-bond donors (Lipinski definition) is 1. The van der Waals surface area contributed by atoms with Gasteiger partial charge in [0, 0.05) is 22.2 Å². The Balaban J connectivity index is 1.58. The quantitative estimate of drug-likeness (QED) is 0.186. The molecule has 1 heterocycles. The summed E-state index contributed by atoms with van der Waals surface area (Å²) in [5.74, 6) is 0.770. The number of nitrogens with one attached hydrogen (secondary N) is 1. The van der Waals surface area contributed by atoms with Gasteiger partial charge in [0.1, 0.15) is 17.3 Å². The summed E-state index contributed by atoms with van der Waals surface area (Å²) in [5, 5.41) is 14.8. The highest BCUT2D eigenvalue weighted by Crippen LogP contribution is 2.36. The minimum Gasteiger partial charge on any atom is -0.481 e. The first-order valence-corrected chi connectivity index (χ1v) is 11.1. The van der Waals surface area contributed by atoms with Crippen LogP contribution in [-0.4, -0.2) is 23.7 Å². The van der Waals surface area contributed by atoms with Crippen molar-refractivity contribution in [3.05, 3.63) is 76.8 Å². The monoisotopic (exact) mass is 633 g/mol. The molecule has 0 saturated carbocycles. The molecule has 0 unspecified atom stereocenters. The van der Waals surface area contributed by atoms with Crippen LogP contribution in [0.4, 0.5) is 5.69 Å². The molecule has 2 aromatic carbocycles. The zero-order valence-corrected chi connectivity index (χ0v) is 20.8. The van der Waals surface area contributed by atoms with E-state index in [2.05, 4.69) is 58.3 Å². The van der Waals surface area contributed by atoms with Crippen molar-refractivity contribution in [1.29, 1.82) is 0 Å². The number of nitrogens with zero attached hydrogens (tertiary/aromatic N) is 2. The van der Waals surface area contributed by atoms with Crippen LogP contribution in [0.5, 0.6) is 5.75 Å². The summed E-state index contributed by atoms with van der Waals surface area (Å²) in [5.41, 5.74) is 2.72. The first-order valence-electron chi connectivity index (χ1n) is 8.38. The molecule has 31 heavy (non-hydrogen) atoms.